The predicted molar refractivity (Wildman–Crippen MR) is 134 cm³/mol. The molecule has 1 heterocycles. The molecule has 0 aromatic heterocycles. The minimum atomic E-state index is -0.454. The first-order chi connectivity index (χ1) is 16.4. The van der Waals surface area contributed by atoms with Crippen molar-refractivity contribution in [3.8, 4) is 11.5 Å². The van der Waals surface area contributed by atoms with Crippen LogP contribution in [-0.2, 0) is 14.4 Å². The Kier molecular flexibility index (Phi) is 6.79. The Morgan fingerprint density at radius 3 is 2.53 bits per heavy atom. The Hall–Kier alpha value is -3.91. The van der Waals surface area contributed by atoms with E-state index in [0.29, 0.717) is 39.4 Å². The first-order valence-corrected chi connectivity index (χ1v) is 11.5. The van der Waals surface area contributed by atoms with Gasteiger partial charge in [0.05, 0.1) is 17.2 Å². The molecule has 0 saturated heterocycles. The smallest absolute Gasteiger partial charge is 0.308 e. The van der Waals surface area contributed by atoms with Gasteiger partial charge in [-0.1, -0.05) is 42.5 Å². The van der Waals surface area contributed by atoms with Crippen LogP contribution >= 0.6 is 11.8 Å². The maximum absolute atomic E-state index is 12.7. The number of benzene rings is 3. The van der Waals surface area contributed by atoms with E-state index >= 15 is 0 Å². The summed E-state index contributed by atoms with van der Waals surface area (Å²) in [5.41, 5.74) is 1.33. The lowest BCUT2D eigenvalue weighted by Gasteiger charge is -2.21. The van der Waals surface area contributed by atoms with Crippen molar-refractivity contribution in [3.63, 3.8) is 0 Å². The van der Waals surface area contributed by atoms with Crippen LogP contribution in [-0.4, -0.2) is 29.6 Å². The molecule has 0 bridgehead atoms. The SMILES string of the molecule is CCOc1cc(/C=C2\SC(N(C(C)=O)c3cccc4ccccc34)=NC2=O)ccc1OC(C)=O. The number of aliphatic imine (C=N–C) groups is 1. The average Bonchev–Trinajstić information content (AvgIpc) is 3.15. The summed E-state index contributed by atoms with van der Waals surface area (Å²) in [5.74, 6) is -0.443. The lowest BCUT2D eigenvalue weighted by atomic mass is 10.1. The Balaban J connectivity index is 1.66. The number of thioether (sulfide) groups is 1. The van der Waals surface area contributed by atoms with E-state index in [1.807, 2.05) is 49.4 Å². The van der Waals surface area contributed by atoms with E-state index in [0.717, 1.165) is 22.5 Å². The molecule has 3 aromatic carbocycles. The molecule has 0 unspecified atom stereocenters. The van der Waals surface area contributed by atoms with Crippen LogP contribution in [0, 0.1) is 0 Å². The van der Waals surface area contributed by atoms with Crippen molar-refractivity contribution in [1.29, 1.82) is 0 Å². The third kappa shape index (κ3) is 4.87. The van der Waals surface area contributed by atoms with Crippen molar-refractivity contribution in [3.05, 3.63) is 71.1 Å². The summed E-state index contributed by atoms with van der Waals surface area (Å²) in [6.45, 7) is 4.96. The zero-order valence-corrected chi connectivity index (χ0v) is 19.7. The van der Waals surface area contributed by atoms with Gasteiger partial charge in [-0.2, -0.15) is 4.99 Å². The molecule has 0 spiro atoms. The predicted octanol–water partition coefficient (Wildman–Crippen LogP) is 5.19. The highest BCUT2D eigenvalue weighted by molar-refractivity contribution is 8.19. The number of carbonyl (C=O) groups excluding carboxylic acids is 3. The van der Waals surface area contributed by atoms with Crippen LogP contribution in [0.25, 0.3) is 16.8 Å². The fourth-order valence-electron chi connectivity index (χ4n) is 3.58. The summed E-state index contributed by atoms with van der Waals surface area (Å²) in [4.78, 5) is 42.7. The molecule has 172 valence electrons. The zero-order chi connectivity index (χ0) is 24.2. The summed E-state index contributed by atoms with van der Waals surface area (Å²) in [6.07, 6.45) is 1.67. The third-order valence-electron chi connectivity index (χ3n) is 4.94. The van der Waals surface area contributed by atoms with Crippen LogP contribution in [0.15, 0.2) is 70.6 Å². The Morgan fingerprint density at radius 2 is 1.79 bits per heavy atom. The molecular formula is C26H22N2O5S. The van der Waals surface area contributed by atoms with E-state index in [1.165, 1.54) is 18.7 Å². The number of esters is 1. The van der Waals surface area contributed by atoms with Crippen LogP contribution < -0.4 is 14.4 Å². The normalized spacial score (nSPS) is 14.3. The maximum Gasteiger partial charge on any atom is 0.308 e. The highest BCUT2D eigenvalue weighted by atomic mass is 32.2. The van der Waals surface area contributed by atoms with Crippen molar-refractivity contribution < 1.29 is 23.9 Å². The van der Waals surface area contributed by atoms with Crippen molar-refractivity contribution in [2.45, 2.75) is 20.8 Å². The van der Waals surface area contributed by atoms with Gasteiger partial charge in [-0.05, 0) is 53.9 Å². The third-order valence-corrected chi connectivity index (χ3v) is 5.91. The number of anilines is 1. The molecule has 3 aromatic rings. The molecule has 0 radical (unpaired) electrons. The molecule has 0 saturated carbocycles. The Bertz CT molecular complexity index is 1360. The molecule has 34 heavy (non-hydrogen) atoms. The molecule has 1 aliphatic rings. The monoisotopic (exact) mass is 474 g/mol. The Labute approximate surface area is 201 Å². The number of carbonyl (C=O) groups is 3. The van der Waals surface area contributed by atoms with E-state index in [1.54, 1.807) is 24.3 Å². The highest BCUT2D eigenvalue weighted by Gasteiger charge is 2.30. The number of amidine groups is 1. The lowest BCUT2D eigenvalue weighted by Crippen LogP contribution is -2.32. The molecule has 0 aliphatic carbocycles. The van der Waals surface area contributed by atoms with Crippen LogP contribution in [0.4, 0.5) is 5.69 Å². The summed E-state index contributed by atoms with van der Waals surface area (Å²) in [5, 5.41) is 2.16. The first-order valence-electron chi connectivity index (χ1n) is 10.6. The summed E-state index contributed by atoms with van der Waals surface area (Å²) in [7, 11) is 0. The van der Waals surface area contributed by atoms with Gasteiger partial charge in [0.25, 0.3) is 5.91 Å². The number of hydrogen-bond donors (Lipinski definition) is 0. The number of ether oxygens (including phenoxy) is 2. The quantitative estimate of drug-likeness (QED) is 0.288. The molecular weight excluding hydrogens is 452 g/mol. The first kappa shape index (κ1) is 23.3. The van der Waals surface area contributed by atoms with E-state index in [2.05, 4.69) is 4.99 Å². The largest absolute Gasteiger partial charge is 0.490 e. The van der Waals surface area contributed by atoms with Crippen LogP contribution in [0.3, 0.4) is 0 Å². The van der Waals surface area contributed by atoms with Crippen LogP contribution in [0.1, 0.15) is 26.3 Å². The summed E-state index contributed by atoms with van der Waals surface area (Å²) in [6, 6.07) is 18.4. The van der Waals surface area contributed by atoms with E-state index in [4.69, 9.17) is 9.47 Å². The van der Waals surface area contributed by atoms with Crippen molar-refractivity contribution in [2.75, 3.05) is 11.5 Å². The van der Waals surface area contributed by atoms with E-state index in [9.17, 15) is 14.4 Å². The minimum absolute atomic E-state index is 0.249. The zero-order valence-electron chi connectivity index (χ0n) is 18.9. The van der Waals surface area contributed by atoms with Gasteiger partial charge >= 0.3 is 5.97 Å². The second-order valence-corrected chi connectivity index (χ2v) is 8.40. The van der Waals surface area contributed by atoms with Gasteiger partial charge in [-0.25, -0.2) is 0 Å². The highest BCUT2D eigenvalue weighted by Crippen LogP contribution is 2.36. The second-order valence-electron chi connectivity index (χ2n) is 7.40. The van der Waals surface area contributed by atoms with Gasteiger partial charge < -0.3 is 9.47 Å². The fraction of sp³-hybridized carbons (Fsp3) is 0.154. The molecule has 1 aliphatic heterocycles. The maximum atomic E-state index is 12.7. The number of fused-ring (bicyclic) bond motifs is 1. The van der Waals surface area contributed by atoms with E-state index in [-0.39, 0.29) is 5.91 Å². The molecule has 0 N–H and O–H groups in total. The summed E-state index contributed by atoms with van der Waals surface area (Å²) >= 11 is 1.13. The van der Waals surface area contributed by atoms with Crippen molar-refractivity contribution in [1.82, 2.24) is 0 Å². The minimum Gasteiger partial charge on any atom is -0.490 e. The molecule has 2 amide bonds. The number of hydrogen-bond acceptors (Lipinski definition) is 6. The second kappa shape index (κ2) is 9.93. The number of nitrogens with zero attached hydrogens (tertiary/aromatic N) is 2. The number of rotatable bonds is 5. The van der Waals surface area contributed by atoms with Crippen molar-refractivity contribution >= 4 is 57.2 Å². The Morgan fingerprint density at radius 1 is 1.03 bits per heavy atom. The van der Waals surface area contributed by atoms with Gasteiger partial charge in [-0.3, -0.25) is 19.3 Å². The van der Waals surface area contributed by atoms with Crippen LogP contribution in [0.2, 0.25) is 0 Å². The molecule has 4 rings (SSSR count). The number of amides is 2. The van der Waals surface area contributed by atoms with Gasteiger partial charge in [0.2, 0.25) is 5.91 Å². The van der Waals surface area contributed by atoms with E-state index < -0.39 is 11.9 Å². The van der Waals surface area contributed by atoms with Gasteiger partial charge in [0.1, 0.15) is 0 Å². The average molecular weight is 475 g/mol. The van der Waals surface area contributed by atoms with Gasteiger partial charge in [0, 0.05) is 19.2 Å². The van der Waals surface area contributed by atoms with Crippen molar-refractivity contribution in [2.24, 2.45) is 4.99 Å². The topological polar surface area (TPSA) is 85.3 Å². The van der Waals surface area contributed by atoms with Crippen LogP contribution in [0.5, 0.6) is 11.5 Å². The molecule has 0 fully saturated rings. The van der Waals surface area contributed by atoms with Gasteiger partial charge in [-0.15, -0.1) is 0 Å². The van der Waals surface area contributed by atoms with Gasteiger partial charge in [0.15, 0.2) is 16.7 Å². The standard InChI is InChI=1S/C26H22N2O5S/c1-4-32-23-14-18(12-13-22(23)33-17(3)30)15-24-25(31)27-26(34-24)28(16(2)29)21-11-7-9-19-8-5-6-10-20(19)21/h5-15H,4H2,1-3H3/b24-15-. The summed E-state index contributed by atoms with van der Waals surface area (Å²) < 4.78 is 10.8. The lowest BCUT2D eigenvalue weighted by molar-refractivity contribution is -0.132. The molecule has 8 heteroatoms. The molecule has 0 atom stereocenters. The fourth-order valence-corrected chi connectivity index (χ4v) is 4.55. The molecule has 7 nitrogen and oxygen atoms in total.